The molecule has 1 radical (unpaired) electrons. The zero-order chi connectivity index (χ0) is 17.9. The van der Waals surface area contributed by atoms with Crippen LogP contribution in [-0.2, 0) is 25.5 Å². The van der Waals surface area contributed by atoms with Gasteiger partial charge in [0, 0.05) is 20.1 Å². The molecular formula is C25H20IrN-. The van der Waals surface area contributed by atoms with Crippen LogP contribution in [0.3, 0.4) is 0 Å². The van der Waals surface area contributed by atoms with Crippen molar-refractivity contribution < 1.29 is 20.1 Å². The minimum absolute atomic E-state index is 0. The van der Waals surface area contributed by atoms with E-state index in [1.807, 2.05) is 6.07 Å². The number of nitrogens with zero attached hydrogens (tertiary/aromatic N) is 1. The van der Waals surface area contributed by atoms with Crippen LogP contribution < -0.4 is 0 Å². The summed E-state index contributed by atoms with van der Waals surface area (Å²) in [6, 6.07) is 27.2. The second-order valence-corrected chi connectivity index (χ2v) is 7.66. The fourth-order valence-electron chi connectivity index (χ4n) is 4.30. The van der Waals surface area contributed by atoms with Gasteiger partial charge in [0.1, 0.15) is 0 Å². The molecule has 2 heteroatoms. The van der Waals surface area contributed by atoms with Crippen LogP contribution in [0, 0.1) is 13.0 Å². The molecule has 5 rings (SSSR count). The first-order valence-corrected chi connectivity index (χ1v) is 9.09. The van der Waals surface area contributed by atoms with Crippen LogP contribution in [0.25, 0.3) is 33.3 Å². The van der Waals surface area contributed by atoms with Crippen LogP contribution >= 0.6 is 0 Å². The number of aryl methyl sites for hydroxylation is 1. The van der Waals surface area contributed by atoms with Crippen molar-refractivity contribution in [3.05, 3.63) is 89.5 Å². The van der Waals surface area contributed by atoms with Crippen molar-refractivity contribution >= 4 is 10.9 Å². The SMILES string of the molecule is Cc1[c-]c(-c2ccc3ccccc3n2)cc2c1-c1ccccc1C2(C)C.[Ir]. The number of para-hydroxylation sites is 1. The molecule has 0 saturated heterocycles. The van der Waals surface area contributed by atoms with E-state index in [0.29, 0.717) is 0 Å². The Balaban J connectivity index is 0.00000180. The minimum Gasteiger partial charge on any atom is -0.296 e. The number of benzene rings is 3. The van der Waals surface area contributed by atoms with Gasteiger partial charge in [-0.3, -0.25) is 4.98 Å². The number of pyridine rings is 1. The van der Waals surface area contributed by atoms with Crippen molar-refractivity contribution in [1.29, 1.82) is 0 Å². The summed E-state index contributed by atoms with van der Waals surface area (Å²) in [5.41, 5.74) is 9.75. The van der Waals surface area contributed by atoms with E-state index in [1.54, 1.807) is 0 Å². The largest absolute Gasteiger partial charge is 0.296 e. The Morgan fingerprint density at radius 3 is 2.44 bits per heavy atom. The van der Waals surface area contributed by atoms with Crippen molar-refractivity contribution in [3.63, 3.8) is 0 Å². The molecule has 1 aliphatic carbocycles. The van der Waals surface area contributed by atoms with E-state index in [1.165, 1.54) is 33.2 Å². The van der Waals surface area contributed by atoms with Gasteiger partial charge in [-0.1, -0.05) is 86.5 Å². The Bertz CT molecular complexity index is 1170. The summed E-state index contributed by atoms with van der Waals surface area (Å²) >= 11 is 0. The van der Waals surface area contributed by atoms with Crippen LogP contribution in [0.15, 0.2) is 66.7 Å². The van der Waals surface area contributed by atoms with Gasteiger partial charge in [0.05, 0.1) is 5.52 Å². The molecule has 0 atom stereocenters. The average molecular weight is 527 g/mol. The molecule has 1 nitrogen and oxygen atoms in total. The van der Waals surface area contributed by atoms with E-state index in [0.717, 1.165) is 16.8 Å². The van der Waals surface area contributed by atoms with E-state index < -0.39 is 0 Å². The van der Waals surface area contributed by atoms with Gasteiger partial charge in [-0.25, -0.2) is 0 Å². The third kappa shape index (κ3) is 2.67. The van der Waals surface area contributed by atoms with Crippen LogP contribution in [0.2, 0.25) is 0 Å². The maximum Gasteiger partial charge on any atom is 0.0595 e. The third-order valence-corrected chi connectivity index (χ3v) is 5.67. The Morgan fingerprint density at radius 2 is 1.59 bits per heavy atom. The molecular weight excluding hydrogens is 506 g/mol. The molecule has 1 aromatic heterocycles. The predicted molar refractivity (Wildman–Crippen MR) is 108 cm³/mol. The fraction of sp³-hybridized carbons (Fsp3) is 0.160. The molecule has 0 N–H and O–H groups in total. The second-order valence-electron chi connectivity index (χ2n) is 7.66. The van der Waals surface area contributed by atoms with E-state index in [-0.39, 0.29) is 25.5 Å². The van der Waals surface area contributed by atoms with Gasteiger partial charge in [0.15, 0.2) is 0 Å². The molecule has 4 aromatic rings. The van der Waals surface area contributed by atoms with Crippen molar-refractivity contribution in [1.82, 2.24) is 4.98 Å². The van der Waals surface area contributed by atoms with Gasteiger partial charge < -0.3 is 0 Å². The number of hydrogen-bond acceptors (Lipinski definition) is 1. The fourth-order valence-corrected chi connectivity index (χ4v) is 4.30. The molecule has 135 valence electrons. The molecule has 0 bridgehead atoms. The summed E-state index contributed by atoms with van der Waals surface area (Å²) in [5.74, 6) is 0. The van der Waals surface area contributed by atoms with Gasteiger partial charge in [0.25, 0.3) is 0 Å². The van der Waals surface area contributed by atoms with Crippen molar-refractivity contribution in [2.75, 3.05) is 0 Å². The van der Waals surface area contributed by atoms with E-state index in [9.17, 15) is 0 Å². The van der Waals surface area contributed by atoms with Crippen LogP contribution in [0.1, 0.15) is 30.5 Å². The first kappa shape index (κ1) is 18.1. The first-order valence-electron chi connectivity index (χ1n) is 9.09. The first-order chi connectivity index (χ1) is 12.6. The normalized spacial score (nSPS) is 13.7. The van der Waals surface area contributed by atoms with Crippen molar-refractivity contribution in [2.45, 2.75) is 26.2 Å². The average Bonchev–Trinajstić information content (AvgIpc) is 2.89. The maximum absolute atomic E-state index is 4.88. The molecule has 0 fully saturated rings. The summed E-state index contributed by atoms with van der Waals surface area (Å²) in [6.45, 7) is 6.80. The monoisotopic (exact) mass is 527 g/mol. The summed E-state index contributed by atoms with van der Waals surface area (Å²) in [4.78, 5) is 4.88. The van der Waals surface area contributed by atoms with Gasteiger partial charge in [-0.15, -0.1) is 28.8 Å². The topological polar surface area (TPSA) is 12.9 Å². The molecule has 1 heterocycles. The second kappa shape index (κ2) is 6.41. The van der Waals surface area contributed by atoms with Gasteiger partial charge >= 0.3 is 0 Å². The van der Waals surface area contributed by atoms with Crippen molar-refractivity contribution in [2.24, 2.45) is 0 Å². The van der Waals surface area contributed by atoms with Crippen LogP contribution in [-0.4, -0.2) is 4.98 Å². The number of hydrogen-bond donors (Lipinski definition) is 0. The zero-order valence-electron chi connectivity index (χ0n) is 15.6. The number of fused-ring (bicyclic) bond motifs is 4. The van der Waals surface area contributed by atoms with E-state index in [2.05, 4.69) is 87.5 Å². The predicted octanol–water partition coefficient (Wildman–Crippen LogP) is 6.31. The molecule has 0 saturated carbocycles. The van der Waals surface area contributed by atoms with Gasteiger partial charge in [-0.05, 0) is 28.1 Å². The molecule has 0 spiro atoms. The Hall–Kier alpha value is -2.28. The van der Waals surface area contributed by atoms with Crippen LogP contribution in [0.5, 0.6) is 0 Å². The molecule has 0 amide bonds. The number of aromatic nitrogens is 1. The van der Waals surface area contributed by atoms with E-state index in [4.69, 9.17) is 4.98 Å². The van der Waals surface area contributed by atoms with Gasteiger partial charge in [-0.2, -0.15) is 0 Å². The summed E-state index contributed by atoms with van der Waals surface area (Å²) in [6.07, 6.45) is 0. The quantitative estimate of drug-likeness (QED) is 0.265. The summed E-state index contributed by atoms with van der Waals surface area (Å²) < 4.78 is 0. The molecule has 0 unspecified atom stereocenters. The smallest absolute Gasteiger partial charge is 0.0595 e. The standard InChI is InChI=1S/C25H20N.Ir/c1-16-14-18(23-13-12-17-8-4-7-11-22(17)26-23)15-21-24(16)19-9-5-6-10-20(19)25(21,2)3;/h4-13,15H,1-3H3;/q-1;. The minimum atomic E-state index is -0.00259. The molecule has 0 aliphatic heterocycles. The summed E-state index contributed by atoms with van der Waals surface area (Å²) in [5, 5.41) is 1.17. The maximum atomic E-state index is 4.88. The number of rotatable bonds is 1. The molecule has 27 heavy (non-hydrogen) atoms. The van der Waals surface area contributed by atoms with E-state index >= 15 is 0 Å². The van der Waals surface area contributed by atoms with Crippen molar-refractivity contribution in [3.8, 4) is 22.4 Å². The van der Waals surface area contributed by atoms with Gasteiger partial charge in [0.2, 0.25) is 0 Å². The Labute approximate surface area is 173 Å². The molecule has 1 aliphatic rings. The third-order valence-electron chi connectivity index (χ3n) is 5.67. The molecule has 3 aromatic carbocycles. The Kier molecular flexibility index (Phi) is 4.29. The Morgan fingerprint density at radius 1 is 0.852 bits per heavy atom. The zero-order valence-corrected chi connectivity index (χ0v) is 18.0. The van der Waals surface area contributed by atoms with Crippen LogP contribution in [0.4, 0.5) is 0 Å². The summed E-state index contributed by atoms with van der Waals surface area (Å²) in [7, 11) is 0.